The summed E-state index contributed by atoms with van der Waals surface area (Å²) in [6, 6.07) is 23.3. The molecule has 0 saturated heterocycles. The first-order valence-corrected chi connectivity index (χ1v) is 11.4. The van der Waals surface area contributed by atoms with E-state index >= 15 is 0 Å². The summed E-state index contributed by atoms with van der Waals surface area (Å²) >= 11 is 4.73. The number of nitrogens with zero attached hydrogens (tertiary/aromatic N) is 4. The predicted molar refractivity (Wildman–Crippen MR) is 126 cm³/mol. The van der Waals surface area contributed by atoms with Gasteiger partial charge in [0, 0.05) is 12.7 Å². The lowest BCUT2D eigenvalue weighted by atomic mass is 10.2. The molecule has 6 nitrogen and oxygen atoms in total. The van der Waals surface area contributed by atoms with Crippen molar-refractivity contribution >= 4 is 39.3 Å². The Kier molecular flexibility index (Phi) is 6.58. The number of thioether (sulfide) groups is 1. The Balaban J connectivity index is 1.61. The minimum atomic E-state index is -0.347. The molecular weight excluding hydrogens is 476 g/mol. The molecule has 0 aliphatic carbocycles. The number of para-hydroxylation sites is 1. The number of anilines is 1. The van der Waals surface area contributed by atoms with Gasteiger partial charge >= 0.3 is 0 Å². The van der Waals surface area contributed by atoms with Crippen molar-refractivity contribution in [3.8, 4) is 11.6 Å². The number of benzene rings is 2. The molecule has 2 aromatic carbocycles. The topological polar surface area (TPSA) is 64.2 Å². The Labute approximate surface area is 193 Å². The number of halogens is 1. The molecule has 0 aliphatic rings. The first-order valence-electron chi connectivity index (χ1n) is 9.75. The third kappa shape index (κ3) is 4.91. The van der Waals surface area contributed by atoms with Gasteiger partial charge in [-0.3, -0.25) is 9.36 Å². The zero-order chi connectivity index (χ0) is 21.8. The molecule has 0 aliphatic heterocycles. The van der Waals surface area contributed by atoms with E-state index in [1.807, 2.05) is 84.3 Å². The van der Waals surface area contributed by atoms with Crippen molar-refractivity contribution in [2.45, 2.75) is 23.9 Å². The zero-order valence-electron chi connectivity index (χ0n) is 17.1. The van der Waals surface area contributed by atoms with Crippen LogP contribution in [-0.4, -0.2) is 33.0 Å². The molecule has 8 heteroatoms. The first kappa shape index (κ1) is 21.4. The van der Waals surface area contributed by atoms with Gasteiger partial charge in [0.15, 0.2) is 15.6 Å². The summed E-state index contributed by atoms with van der Waals surface area (Å²) in [5, 5.41) is 9.06. The number of hydrogen-bond acceptors (Lipinski definition) is 5. The van der Waals surface area contributed by atoms with E-state index in [9.17, 15) is 4.79 Å². The molecular formula is C23H21BrN4O2S. The summed E-state index contributed by atoms with van der Waals surface area (Å²) in [6.45, 7) is 2.45. The second-order valence-corrected chi connectivity index (χ2v) is 9.06. The van der Waals surface area contributed by atoms with Gasteiger partial charge in [-0.05, 0) is 52.7 Å². The normalized spacial score (nSPS) is 12.0. The van der Waals surface area contributed by atoms with Gasteiger partial charge in [0.25, 0.3) is 0 Å². The Morgan fingerprint density at radius 1 is 1.06 bits per heavy atom. The fraction of sp³-hybridized carbons (Fsp3) is 0.174. The maximum absolute atomic E-state index is 13.0. The van der Waals surface area contributed by atoms with Gasteiger partial charge < -0.3 is 9.32 Å². The van der Waals surface area contributed by atoms with Crippen LogP contribution in [0.3, 0.4) is 0 Å². The van der Waals surface area contributed by atoms with E-state index in [4.69, 9.17) is 4.42 Å². The molecule has 4 aromatic rings. The molecule has 4 rings (SSSR count). The average Bonchev–Trinajstić information content (AvgIpc) is 3.40. The Hall–Kier alpha value is -2.84. The van der Waals surface area contributed by atoms with E-state index in [0.29, 0.717) is 28.0 Å². The van der Waals surface area contributed by atoms with Crippen molar-refractivity contribution in [3.63, 3.8) is 0 Å². The number of hydrogen-bond donors (Lipinski definition) is 0. The highest BCUT2D eigenvalue weighted by Crippen LogP contribution is 2.30. The van der Waals surface area contributed by atoms with Gasteiger partial charge in [-0.1, -0.05) is 60.3 Å². The van der Waals surface area contributed by atoms with Crippen LogP contribution in [0.4, 0.5) is 5.69 Å². The molecule has 158 valence electrons. The lowest BCUT2D eigenvalue weighted by Crippen LogP contribution is -2.33. The summed E-state index contributed by atoms with van der Waals surface area (Å²) in [7, 11) is 1.79. The number of carbonyl (C=O) groups is 1. The predicted octanol–water partition coefficient (Wildman–Crippen LogP) is 5.49. The van der Waals surface area contributed by atoms with Gasteiger partial charge in [0.1, 0.15) is 0 Å². The van der Waals surface area contributed by atoms with E-state index in [-0.39, 0.29) is 11.2 Å². The van der Waals surface area contributed by atoms with Gasteiger partial charge in [0.2, 0.25) is 11.7 Å². The second-order valence-electron chi connectivity index (χ2n) is 6.97. The highest BCUT2D eigenvalue weighted by molar-refractivity contribution is 9.10. The fourth-order valence-electron chi connectivity index (χ4n) is 3.16. The molecule has 2 heterocycles. The molecule has 0 radical (unpaired) electrons. The van der Waals surface area contributed by atoms with Crippen molar-refractivity contribution in [2.75, 3.05) is 11.9 Å². The van der Waals surface area contributed by atoms with Gasteiger partial charge in [0.05, 0.1) is 11.8 Å². The lowest BCUT2D eigenvalue weighted by molar-refractivity contribution is -0.117. The Morgan fingerprint density at radius 3 is 2.39 bits per heavy atom. The molecule has 0 fully saturated rings. The van der Waals surface area contributed by atoms with Crippen molar-refractivity contribution in [2.24, 2.45) is 0 Å². The number of furan rings is 1. The van der Waals surface area contributed by atoms with Crippen LogP contribution in [0.15, 0.2) is 87.0 Å². The number of aromatic nitrogens is 3. The smallest absolute Gasteiger partial charge is 0.240 e. The van der Waals surface area contributed by atoms with E-state index in [0.717, 1.165) is 11.3 Å². The third-order valence-corrected chi connectivity index (χ3v) is 6.29. The molecule has 0 saturated carbocycles. The van der Waals surface area contributed by atoms with Crippen molar-refractivity contribution < 1.29 is 9.21 Å². The molecule has 0 N–H and O–H groups in total. The summed E-state index contributed by atoms with van der Waals surface area (Å²) in [4.78, 5) is 14.7. The number of carbonyl (C=O) groups excluding carboxylic acids is 1. The first-order chi connectivity index (χ1) is 15.0. The maximum atomic E-state index is 13.0. The maximum Gasteiger partial charge on any atom is 0.240 e. The molecule has 31 heavy (non-hydrogen) atoms. The van der Waals surface area contributed by atoms with Gasteiger partial charge in [-0.15, -0.1) is 10.2 Å². The minimum absolute atomic E-state index is 0.00671. The lowest BCUT2D eigenvalue weighted by Gasteiger charge is -2.21. The number of amides is 1. The average molecular weight is 497 g/mol. The molecule has 0 bridgehead atoms. The van der Waals surface area contributed by atoms with E-state index < -0.39 is 0 Å². The minimum Gasteiger partial charge on any atom is -0.446 e. The van der Waals surface area contributed by atoms with Crippen LogP contribution in [-0.2, 0) is 11.3 Å². The molecule has 1 amide bonds. The standard InChI is InChI=1S/C23H21BrN4O2S/c1-16(22(29)27(2)18-11-7-4-8-12-18)31-23-26-25-21(19-13-14-20(24)30-19)28(23)15-17-9-5-3-6-10-17/h3-14,16H,15H2,1-2H3/t16-/m1/s1. The monoisotopic (exact) mass is 496 g/mol. The third-order valence-electron chi connectivity index (χ3n) is 4.80. The van der Waals surface area contributed by atoms with E-state index in [1.165, 1.54) is 11.8 Å². The molecule has 0 unspecified atom stereocenters. The largest absolute Gasteiger partial charge is 0.446 e. The summed E-state index contributed by atoms with van der Waals surface area (Å²) in [6.07, 6.45) is 0. The summed E-state index contributed by atoms with van der Waals surface area (Å²) < 4.78 is 8.33. The van der Waals surface area contributed by atoms with Crippen LogP contribution >= 0.6 is 27.7 Å². The van der Waals surface area contributed by atoms with Crippen LogP contribution in [0.25, 0.3) is 11.6 Å². The highest BCUT2D eigenvalue weighted by atomic mass is 79.9. The van der Waals surface area contributed by atoms with Crippen LogP contribution in [0, 0.1) is 0 Å². The van der Waals surface area contributed by atoms with Crippen LogP contribution in [0.2, 0.25) is 0 Å². The SMILES string of the molecule is C[C@@H](Sc1nnc(-c2ccc(Br)o2)n1Cc1ccccc1)C(=O)N(C)c1ccccc1. The Bertz CT molecular complexity index is 1160. The molecule has 0 spiro atoms. The van der Waals surface area contributed by atoms with Gasteiger partial charge in [-0.25, -0.2) is 0 Å². The Morgan fingerprint density at radius 2 is 1.74 bits per heavy atom. The van der Waals surface area contributed by atoms with Crippen molar-refractivity contribution in [1.82, 2.24) is 14.8 Å². The van der Waals surface area contributed by atoms with E-state index in [1.54, 1.807) is 11.9 Å². The quantitative estimate of drug-likeness (QED) is 0.316. The fourth-order valence-corrected chi connectivity index (χ4v) is 4.41. The van der Waals surface area contributed by atoms with Crippen LogP contribution in [0.1, 0.15) is 12.5 Å². The van der Waals surface area contributed by atoms with Crippen molar-refractivity contribution in [1.29, 1.82) is 0 Å². The summed E-state index contributed by atoms with van der Waals surface area (Å²) in [5.74, 6) is 1.23. The van der Waals surface area contributed by atoms with Gasteiger partial charge in [-0.2, -0.15) is 0 Å². The highest BCUT2D eigenvalue weighted by Gasteiger charge is 2.24. The van der Waals surface area contributed by atoms with Crippen molar-refractivity contribution in [3.05, 3.63) is 83.0 Å². The second kappa shape index (κ2) is 9.53. The summed E-state index contributed by atoms with van der Waals surface area (Å²) in [5.41, 5.74) is 1.96. The zero-order valence-corrected chi connectivity index (χ0v) is 19.5. The number of rotatable bonds is 7. The molecule has 2 aromatic heterocycles. The van der Waals surface area contributed by atoms with E-state index in [2.05, 4.69) is 26.1 Å². The van der Waals surface area contributed by atoms with Crippen LogP contribution < -0.4 is 4.90 Å². The molecule has 1 atom stereocenters. The van der Waals surface area contributed by atoms with Crippen LogP contribution in [0.5, 0.6) is 0 Å².